The van der Waals surface area contributed by atoms with Gasteiger partial charge in [0.2, 0.25) is 10.0 Å². The molecule has 2 aliphatic heterocycles. The smallest absolute Gasteiger partial charge is 0.240 e. The fraction of sp³-hybridized carbons (Fsp3) is 0.455. The fourth-order valence-electron chi connectivity index (χ4n) is 4.27. The number of nitrogens with one attached hydrogen (secondary N) is 1. The molecule has 0 aliphatic carbocycles. The van der Waals surface area contributed by atoms with Crippen molar-refractivity contribution in [3.63, 3.8) is 0 Å². The van der Waals surface area contributed by atoms with Gasteiger partial charge in [0.1, 0.15) is 0 Å². The average molecular weight is 450 g/mol. The Labute approximate surface area is 183 Å². The molecule has 0 amide bonds. The molecule has 1 fully saturated rings. The van der Waals surface area contributed by atoms with E-state index in [-0.39, 0.29) is 10.9 Å². The standard InChI is InChI=1S/C22H28ClN3O3S/c1-25-9-3-4-17-14-18(7-8-21(17)25)22(26-10-12-29-13-11-26)16-24-30(27,28)20-6-2-5-19(23)15-20/h2,5-8,14-15,22,24H,3-4,9-13,16H2,1H3. The summed E-state index contributed by atoms with van der Waals surface area (Å²) in [6.07, 6.45) is 2.19. The van der Waals surface area contributed by atoms with Gasteiger partial charge in [0.05, 0.1) is 18.1 Å². The number of benzene rings is 2. The Kier molecular flexibility index (Phi) is 6.65. The van der Waals surface area contributed by atoms with Crippen molar-refractivity contribution in [1.82, 2.24) is 9.62 Å². The normalized spacial score (nSPS) is 18.8. The van der Waals surface area contributed by atoms with Crippen molar-refractivity contribution >= 4 is 27.3 Å². The number of aryl methyl sites for hydroxylation is 1. The van der Waals surface area contributed by atoms with Gasteiger partial charge in [0.25, 0.3) is 0 Å². The number of anilines is 1. The number of fused-ring (bicyclic) bond motifs is 1. The van der Waals surface area contributed by atoms with E-state index in [1.165, 1.54) is 17.3 Å². The van der Waals surface area contributed by atoms with Gasteiger partial charge in [-0.2, -0.15) is 0 Å². The van der Waals surface area contributed by atoms with Crippen LogP contribution in [0.25, 0.3) is 0 Å². The van der Waals surface area contributed by atoms with Crippen molar-refractivity contribution in [2.75, 3.05) is 51.3 Å². The summed E-state index contributed by atoms with van der Waals surface area (Å²) in [7, 11) is -1.53. The summed E-state index contributed by atoms with van der Waals surface area (Å²) in [6, 6.07) is 12.9. The minimum atomic E-state index is -3.65. The highest BCUT2D eigenvalue weighted by molar-refractivity contribution is 7.89. The first kappa shape index (κ1) is 21.6. The topological polar surface area (TPSA) is 61.9 Å². The zero-order chi connectivity index (χ0) is 21.1. The Bertz CT molecular complexity index is 993. The Morgan fingerprint density at radius 2 is 1.93 bits per heavy atom. The molecule has 2 heterocycles. The quantitative estimate of drug-likeness (QED) is 0.734. The van der Waals surface area contributed by atoms with Crippen molar-refractivity contribution in [3.8, 4) is 0 Å². The lowest BCUT2D eigenvalue weighted by molar-refractivity contribution is 0.0172. The van der Waals surface area contributed by atoms with Crippen LogP contribution in [0.5, 0.6) is 0 Å². The predicted octanol–water partition coefficient (Wildman–Crippen LogP) is 3.07. The number of halogens is 1. The zero-order valence-electron chi connectivity index (χ0n) is 17.2. The van der Waals surface area contributed by atoms with Crippen molar-refractivity contribution in [3.05, 3.63) is 58.6 Å². The van der Waals surface area contributed by atoms with Crippen LogP contribution in [0.2, 0.25) is 5.02 Å². The van der Waals surface area contributed by atoms with Crippen LogP contribution in [-0.4, -0.2) is 59.8 Å². The van der Waals surface area contributed by atoms with Crippen LogP contribution in [-0.2, 0) is 21.2 Å². The Hall–Kier alpha value is -1.64. The molecule has 1 atom stereocenters. The Morgan fingerprint density at radius 1 is 1.13 bits per heavy atom. The predicted molar refractivity (Wildman–Crippen MR) is 120 cm³/mol. The second-order valence-electron chi connectivity index (χ2n) is 7.89. The zero-order valence-corrected chi connectivity index (χ0v) is 18.8. The third kappa shape index (κ3) is 4.81. The second kappa shape index (κ2) is 9.24. The number of morpholine rings is 1. The van der Waals surface area contributed by atoms with E-state index in [0.29, 0.717) is 24.8 Å². The maximum Gasteiger partial charge on any atom is 0.240 e. The maximum absolute atomic E-state index is 12.9. The van der Waals surface area contributed by atoms with Crippen LogP contribution >= 0.6 is 11.6 Å². The molecule has 1 saturated heterocycles. The van der Waals surface area contributed by atoms with E-state index in [9.17, 15) is 8.42 Å². The van der Waals surface area contributed by atoms with Crippen molar-refractivity contribution in [2.24, 2.45) is 0 Å². The number of rotatable bonds is 6. The van der Waals surface area contributed by atoms with Gasteiger partial charge in [0.15, 0.2) is 0 Å². The fourth-order valence-corrected chi connectivity index (χ4v) is 5.60. The molecule has 30 heavy (non-hydrogen) atoms. The summed E-state index contributed by atoms with van der Waals surface area (Å²) in [5.41, 5.74) is 3.74. The van der Waals surface area contributed by atoms with Gasteiger partial charge >= 0.3 is 0 Å². The lowest BCUT2D eigenvalue weighted by atomic mass is 9.96. The van der Waals surface area contributed by atoms with E-state index in [0.717, 1.165) is 38.0 Å². The van der Waals surface area contributed by atoms with Gasteiger partial charge in [0, 0.05) is 50.0 Å². The first-order valence-corrected chi connectivity index (χ1v) is 12.2. The molecule has 0 radical (unpaired) electrons. The number of ether oxygens (including phenoxy) is 1. The third-order valence-electron chi connectivity index (χ3n) is 5.90. The highest BCUT2D eigenvalue weighted by Gasteiger charge is 2.26. The van der Waals surface area contributed by atoms with Gasteiger partial charge in [-0.05, 0) is 48.2 Å². The molecule has 1 N–H and O–H groups in total. The van der Waals surface area contributed by atoms with Crippen LogP contribution in [0.4, 0.5) is 5.69 Å². The SMILES string of the molecule is CN1CCCc2cc(C(CNS(=O)(=O)c3cccc(Cl)c3)N3CCOCC3)ccc21. The largest absolute Gasteiger partial charge is 0.379 e. The maximum atomic E-state index is 12.9. The molecule has 0 bridgehead atoms. The first-order valence-electron chi connectivity index (χ1n) is 10.3. The number of hydrogen-bond donors (Lipinski definition) is 1. The number of sulfonamides is 1. The molecule has 2 aromatic carbocycles. The first-order chi connectivity index (χ1) is 14.4. The summed E-state index contributed by atoms with van der Waals surface area (Å²) in [6.45, 7) is 4.24. The number of nitrogens with zero attached hydrogens (tertiary/aromatic N) is 2. The summed E-state index contributed by atoms with van der Waals surface area (Å²) < 4.78 is 34.0. The highest BCUT2D eigenvalue weighted by Crippen LogP contribution is 2.31. The molecule has 1 unspecified atom stereocenters. The van der Waals surface area contributed by atoms with Crippen LogP contribution in [0.1, 0.15) is 23.6 Å². The van der Waals surface area contributed by atoms with Gasteiger partial charge in [-0.1, -0.05) is 29.8 Å². The number of hydrogen-bond acceptors (Lipinski definition) is 5. The van der Waals surface area contributed by atoms with Crippen LogP contribution in [0, 0.1) is 0 Å². The second-order valence-corrected chi connectivity index (χ2v) is 10.1. The van der Waals surface area contributed by atoms with Crippen LogP contribution < -0.4 is 9.62 Å². The minimum absolute atomic E-state index is 0.0552. The average Bonchev–Trinajstić information content (AvgIpc) is 2.75. The van der Waals surface area contributed by atoms with Crippen molar-refractivity contribution < 1.29 is 13.2 Å². The lowest BCUT2D eigenvalue weighted by Crippen LogP contribution is -2.43. The van der Waals surface area contributed by atoms with E-state index in [4.69, 9.17) is 16.3 Å². The molecular weight excluding hydrogens is 422 g/mol. The molecule has 2 aromatic rings. The summed E-state index contributed by atoms with van der Waals surface area (Å²) in [5, 5.41) is 0.404. The van der Waals surface area contributed by atoms with Crippen LogP contribution in [0.3, 0.4) is 0 Å². The van der Waals surface area contributed by atoms with E-state index < -0.39 is 10.0 Å². The minimum Gasteiger partial charge on any atom is -0.379 e. The third-order valence-corrected chi connectivity index (χ3v) is 7.56. The highest BCUT2D eigenvalue weighted by atomic mass is 35.5. The summed E-state index contributed by atoms with van der Waals surface area (Å²) in [4.78, 5) is 4.77. The van der Waals surface area contributed by atoms with Gasteiger partial charge < -0.3 is 9.64 Å². The van der Waals surface area contributed by atoms with Gasteiger partial charge in [-0.3, -0.25) is 4.90 Å². The van der Waals surface area contributed by atoms with E-state index in [1.807, 2.05) is 0 Å². The molecule has 6 nitrogen and oxygen atoms in total. The molecule has 2 aliphatic rings. The molecule has 162 valence electrons. The van der Waals surface area contributed by atoms with E-state index >= 15 is 0 Å². The molecule has 0 saturated carbocycles. The molecule has 0 aromatic heterocycles. The Balaban J connectivity index is 1.59. The molecule has 4 rings (SSSR count). The van der Waals surface area contributed by atoms with Crippen molar-refractivity contribution in [1.29, 1.82) is 0 Å². The monoisotopic (exact) mass is 449 g/mol. The lowest BCUT2D eigenvalue weighted by Gasteiger charge is -2.36. The van der Waals surface area contributed by atoms with Gasteiger partial charge in [-0.25, -0.2) is 13.1 Å². The van der Waals surface area contributed by atoms with E-state index in [2.05, 4.69) is 39.8 Å². The van der Waals surface area contributed by atoms with E-state index in [1.54, 1.807) is 18.2 Å². The van der Waals surface area contributed by atoms with Crippen molar-refractivity contribution in [2.45, 2.75) is 23.8 Å². The molecule has 0 spiro atoms. The van der Waals surface area contributed by atoms with Gasteiger partial charge in [-0.15, -0.1) is 0 Å². The summed E-state index contributed by atoms with van der Waals surface area (Å²) >= 11 is 5.99. The molecular formula is C22H28ClN3O3S. The summed E-state index contributed by atoms with van der Waals surface area (Å²) in [5.74, 6) is 0. The van der Waals surface area contributed by atoms with Crippen LogP contribution in [0.15, 0.2) is 47.4 Å². The Morgan fingerprint density at radius 3 is 2.70 bits per heavy atom. The molecule has 8 heteroatoms.